The Balaban J connectivity index is 2.38. The molecule has 0 bridgehead atoms. The van der Waals surface area contributed by atoms with Crippen LogP contribution in [0, 0.1) is 0 Å². The molecule has 0 saturated carbocycles. The van der Waals surface area contributed by atoms with Crippen molar-refractivity contribution in [2.75, 3.05) is 11.9 Å². The van der Waals surface area contributed by atoms with Gasteiger partial charge in [0.25, 0.3) is 0 Å². The van der Waals surface area contributed by atoms with E-state index in [0.29, 0.717) is 17.7 Å². The summed E-state index contributed by atoms with van der Waals surface area (Å²) in [6.45, 7) is 2.70. The SMILES string of the molecule is CCCNc1nccc2ccc(OC(F)(F)F)cc12. The van der Waals surface area contributed by atoms with Crippen LogP contribution in [-0.2, 0) is 0 Å². The molecule has 0 aliphatic rings. The van der Waals surface area contributed by atoms with Gasteiger partial charge in [-0.1, -0.05) is 13.0 Å². The zero-order valence-electron chi connectivity index (χ0n) is 10.3. The smallest absolute Gasteiger partial charge is 0.406 e. The summed E-state index contributed by atoms with van der Waals surface area (Å²) in [6.07, 6.45) is -2.17. The minimum atomic E-state index is -4.69. The third kappa shape index (κ3) is 3.49. The van der Waals surface area contributed by atoms with Crippen LogP contribution in [0.15, 0.2) is 30.5 Å². The third-order valence-electron chi connectivity index (χ3n) is 2.51. The summed E-state index contributed by atoms with van der Waals surface area (Å²) in [5, 5.41) is 4.50. The van der Waals surface area contributed by atoms with Gasteiger partial charge in [-0.2, -0.15) is 0 Å². The second kappa shape index (κ2) is 5.34. The fourth-order valence-corrected chi connectivity index (χ4v) is 1.73. The standard InChI is InChI=1S/C13H13F3N2O/c1-2-6-17-12-11-8-10(19-13(14,15)16)4-3-9(11)5-7-18-12/h3-5,7-8H,2,6H2,1H3,(H,17,18). The molecule has 0 unspecified atom stereocenters. The van der Waals surface area contributed by atoms with Gasteiger partial charge in [0.1, 0.15) is 11.6 Å². The van der Waals surface area contributed by atoms with Gasteiger partial charge in [0.05, 0.1) is 0 Å². The number of nitrogens with one attached hydrogen (secondary N) is 1. The Bertz CT molecular complexity index is 569. The summed E-state index contributed by atoms with van der Waals surface area (Å²) in [5.41, 5.74) is 0. The van der Waals surface area contributed by atoms with Crippen LogP contribution in [0.2, 0.25) is 0 Å². The number of rotatable bonds is 4. The molecule has 0 aliphatic heterocycles. The van der Waals surface area contributed by atoms with Crippen molar-refractivity contribution in [3.63, 3.8) is 0 Å². The number of benzene rings is 1. The van der Waals surface area contributed by atoms with Crippen molar-refractivity contribution >= 4 is 16.6 Å². The zero-order valence-corrected chi connectivity index (χ0v) is 10.3. The van der Waals surface area contributed by atoms with Crippen molar-refractivity contribution in [1.82, 2.24) is 4.98 Å². The fourth-order valence-electron chi connectivity index (χ4n) is 1.73. The van der Waals surface area contributed by atoms with Crippen LogP contribution < -0.4 is 10.1 Å². The Labute approximate surface area is 108 Å². The summed E-state index contributed by atoms with van der Waals surface area (Å²) >= 11 is 0. The Morgan fingerprint density at radius 3 is 2.74 bits per heavy atom. The largest absolute Gasteiger partial charge is 0.573 e. The molecule has 0 fully saturated rings. The van der Waals surface area contributed by atoms with Gasteiger partial charge in [-0.05, 0) is 30.0 Å². The molecule has 0 aliphatic carbocycles. The average Bonchev–Trinajstić information content (AvgIpc) is 2.34. The van der Waals surface area contributed by atoms with E-state index in [0.717, 1.165) is 11.8 Å². The molecule has 0 radical (unpaired) electrons. The molecule has 0 amide bonds. The molecule has 3 nitrogen and oxygen atoms in total. The van der Waals surface area contributed by atoms with E-state index in [1.807, 2.05) is 6.92 Å². The van der Waals surface area contributed by atoms with E-state index < -0.39 is 6.36 Å². The highest BCUT2D eigenvalue weighted by atomic mass is 19.4. The molecule has 0 spiro atoms. The van der Waals surface area contributed by atoms with Crippen LogP contribution in [0.5, 0.6) is 5.75 Å². The first-order chi connectivity index (χ1) is 8.99. The number of hydrogen-bond donors (Lipinski definition) is 1. The van der Waals surface area contributed by atoms with Crippen LogP contribution in [0.3, 0.4) is 0 Å². The number of alkyl halides is 3. The predicted molar refractivity (Wildman–Crippen MR) is 67.2 cm³/mol. The maximum absolute atomic E-state index is 12.2. The maximum atomic E-state index is 12.2. The summed E-state index contributed by atoms with van der Waals surface area (Å²) < 4.78 is 40.5. The number of aromatic nitrogens is 1. The second-order valence-electron chi connectivity index (χ2n) is 4.02. The molecule has 1 N–H and O–H groups in total. The van der Waals surface area contributed by atoms with Gasteiger partial charge in [-0.25, -0.2) is 4.98 Å². The van der Waals surface area contributed by atoms with Crippen LogP contribution >= 0.6 is 0 Å². The van der Waals surface area contributed by atoms with Crippen LogP contribution in [0.4, 0.5) is 19.0 Å². The Morgan fingerprint density at radius 1 is 1.26 bits per heavy atom. The molecule has 1 heterocycles. The van der Waals surface area contributed by atoms with E-state index in [1.54, 1.807) is 18.3 Å². The van der Waals surface area contributed by atoms with Gasteiger partial charge in [0.15, 0.2) is 0 Å². The lowest BCUT2D eigenvalue weighted by atomic mass is 10.1. The van der Waals surface area contributed by atoms with Crippen LogP contribution in [0.1, 0.15) is 13.3 Å². The number of anilines is 1. The molecule has 1 aromatic carbocycles. The lowest BCUT2D eigenvalue weighted by Gasteiger charge is -2.11. The van der Waals surface area contributed by atoms with Gasteiger partial charge in [-0.3, -0.25) is 0 Å². The summed E-state index contributed by atoms with van der Waals surface area (Å²) in [7, 11) is 0. The van der Waals surface area contributed by atoms with Crippen molar-refractivity contribution in [2.45, 2.75) is 19.7 Å². The number of hydrogen-bond acceptors (Lipinski definition) is 3. The molecule has 2 aromatic rings. The van der Waals surface area contributed by atoms with E-state index in [-0.39, 0.29) is 5.75 Å². The van der Waals surface area contributed by atoms with Crippen molar-refractivity contribution in [3.05, 3.63) is 30.5 Å². The molecule has 0 atom stereocenters. The van der Waals surface area contributed by atoms with Gasteiger partial charge in [-0.15, -0.1) is 13.2 Å². The van der Waals surface area contributed by atoms with Gasteiger partial charge < -0.3 is 10.1 Å². The Kier molecular flexibility index (Phi) is 3.78. The molecule has 1 aromatic heterocycles. The molecule has 6 heteroatoms. The zero-order chi connectivity index (χ0) is 13.9. The third-order valence-corrected chi connectivity index (χ3v) is 2.51. The van der Waals surface area contributed by atoms with E-state index in [9.17, 15) is 13.2 Å². The summed E-state index contributed by atoms with van der Waals surface area (Å²) in [4.78, 5) is 4.13. The minimum Gasteiger partial charge on any atom is -0.406 e. The molecular weight excluding hydrogens is 257 g/mol. The molecule has 19 heavy (non-hydrogen) atoms. The van der Waals surface area contributed by atoms with Crippen molar-refractivity contribution in [2.24, 2.45) is 0 Å². The molecule has 0 saturated heterocycles. The van der Waals surface area contributed by atoms with Crippen molar-refractivity contribution in [1.29, 1.82) is 0 Å². The highest BCUT2D eigenvalue weighted by Crippen LogP contribution is 2.29. The first-order valence-corrected chi connectivity index (χ1v) is 5.88. The predicted octanol–water partition coefficient (Wildman–Crippen LogP) is 3.96. The highest BCUT2D eigenvalue weighted by Gasteiger charge is 2.31. The lowest BCUT2D eigenvalue weighted by molar-refractivity contribution is -0.274. The number of pyridine rings is 1. The van der Waals surface area contributed by atoms with Gasteiger partial charge in [0.2, 0.25) is 0 Å². The number of ether oxygens (including phenoxy) is 1. The molecular formula is C13H13F3N2O. The monoisotopic (exact) mass is 270 g/mol. The van der Waals surface area contributed by atoms with E-state index in [1.165, 1.54) is 12.1 Å². The number of halogens is 3. The summed E-state index contributed by atoms with van der Waals surface area (Å²) in [6, 6.07) is 5.95. The van der Waals surface area contributed by atoms with Crippen LogP contribution in [-0.4, -0.2) is 17.9 Å². The fraction of sp³-hybridized carbons (Fsp3) is 0.308. The first-order valence-electron chi connectivity index (χ1n) is 5.88. The summed E-state index contributed by atoms with van der Waals surface area (Å²) in [5.74, 6) is 0.319. The minimum absolute atomic E-state index is 0.243. The number of fused-ring (bicyclic) bond motifs is 1. The molecule has 2 rings (SSSR count). The van der Waals surface area contributed by atoms with Gasteiger partial charge in [0, 0.05) is 18.1 Å². The quantitative estimate of drug-likeness (QED) is 0.913. The maximum Gasteiger partial charge on any atom is 0.573 e. The lowest BCUT2D eigenvalue weighted by Crippen LogP contribution is -2.17. The normalized spacial score (nSPS) is 11.6. The highest BCUT2D eigenvalue weighted by molar-refractivity contribution is 5.92. The van der Waals surface area contributed by atoms with E-state index >= 15 is 0 Å². The Morgan fingerprint density at radius 2 is 2.05 bits per heavy atom. The topological polar surface area (TPSA) is 34.2 Å². The van der Waals surface area contributed by atoms with Crippen LogP contribution in [0.25, 0.3) is 10.8 Å². The van der Waals surface area contributed by atoms with Crippen molar-refractivity contribution < 1.29 is 17.9 Å². The average molecular weight is 270 g/mol. The Hall–Kier alpha value is -1.98. The van der Waals surface area contributed by atoms with E-state index in [4.69, 9.17) is 0 Å². The molecule has 102 valence electrons. The second-order valence-corrected chi connectivity index (χ2v) is 4.02. The van der Waals surface area contributed by atoms with Crippen molar-refractivity contribution in [3.8, 4) is 5.75 Å². The first kappa shape index (κ1) is 13.5. The van der Waals surface area contributed by atoms with E-state index in [2.05, 4.69) is 15.0 Å². The van der Waals surface area contributed by atoms with Gasteiger partial charge >= 0.3 is 6.36 Å². The number of nitrogens with zero attached hydrogens (tertiary/aromatic N) is 1.